The molecule has 0 radical (unpaired) electrons. The lowest BCUT2D eigenvalue weighted by atomic mass is 10.00. The molecular formula is C25H32ClN3O4S. The van der Waals surface area contributed by atoms with E-state index >= 15 is 0 Å². The van der Waals surface area contributed by atoms with Crippen LogP contribution >= 0.6 is 11.6 Å². The van der Waals surface area contributed by atoms with E-state index < -0.39 is 10.0 Å². The van der Waals surface area contributed by atoms with Gasteiger partial charge in [0, 0.05) is 29.7 Å². The molecule has 184 valence electrons. The minimum atomic E-state index is -3.47. The number of carbonyl (C=O) groups is 1. The molecule has 0 bridgehead atoms. The van der Waals surface area contributed by atoms with E-state index in [1.54, 1.807) is 18.2 Å². The average molecular weight is 506 g/mol. The van der Waals surface area contributed by atoms with Crippen molar-refractivity contribution in [3.05, 3.63) is 64.2 Å². The molecular weight excluding hydrogens is 474 g/mol. The van der Waals surface area contributed by atoms with Crippen molar-refractivity contribution in [3.8, 4) is 0 Å². The molecule has 34 heavy (non-hydrogen) atoms. The summed E-state index contributed by atoms with van der Waals surface area (Å²) in [7, 11) is -1.98. The van der Waals surface area contributed by atoms with E-state index in [0.29, 0.717) is 28.8 Å². The van der Waals surface area contributed by atoms with Crippen LogP contribution in [0.4, 0.5) is 5.69 Å². The summed E-state index contributed by atoms with van der Waals surface area (Å²) in [5.74, 6) is 0.311. The normalized spacial score (nSPS) is 24.1. The SMILES string of the molecule is CC1CC1OCc1cc(C(=O)NC2CCNC2Cc2cccc(Cl)c2)cc(N(C)S(C)(=O)=O)c1. The van der Waals surface area contributed by atoms with Crippen LogP contribution in [-0.4, -0.2) is 52.4 Å². The van der Waals surface area contributed by atoms with E-state index in [2.05, 4.69) is 17.6 Å². The molecule has 4 unspecified atom stereocenters. The Balaban J connectivity index is 1.51. The molecule has 2 aliphatic rings. The molecule has 1 heterocycles. The third-order valence-electron chi connectivity index (χ3n) is 6.61. The number of benzene rings is 2. The van der Waals surface area contributed by atoms with Crippen LogP contribution < -0.4 is 14.9 Å². The van der Waals surface area contributed by atoms with Gasteiger partial charge in [-0.2, -0.15) is 0 Å². The van der Waals surface area contributed by atoms with E-state index in [-0.39, 0.29) is 24.1 Å². The number of hydrogen-bond acceptors (Lipinski definition) is 5. The first-order valence-corrected chi connectivity index (χ1v) is 13.8. The van der Waals surface area contributed by atoms with Gasteiger partial charge in [0.15, 0.2) is 0 Å². The van der Waals surface area contributed by atoms with Crippen LogP contribution in [0.5, 0.6) is 0 Å². The minimum absolute atomic E-state index is 0.0465. The van der Waals surface area contributed by atoms with Gasteiger partial charge in [-0.15, -0.1) is 0 Å². The van der Waals surface area contributed by atoms with Gasteiger partial charge < -0.3 is 15.4 Å². The largest absolute Gasteiger partial charge is 0.373 e. The van der Waals surface area contributed by atoms with Crippen LogP contribution in [0.1, 0.15) is 41.3 Å². The highest BCUT2D eigenvalue weighted by Crippen LogP contribution is 2.34. The van der Waals surface area contributed by atoms with Gasteiger partial charge in [-0.3, -0.25) is 9.10 Å². The number of hydrogen-bond donors (Lipinski definition) is 2. The van der Waals surface area contributed by atoms with Gasteiger partial charge in [0.2, 0.25) is 10.0 Å². The number of carbonyl (C=O) groups excluding carboxylic acids is 1. The fourth-order valence-corrected chi connectivity index (χ4v) is 5.01. The maximum absolute atomic E-state index is 13.3. The second kappa shape index (κ2) is 10.2. The van der Waals surface area contributed by atoms with Crippen molar-refractivity contribution >= 4 is 33.2 Å². The zero-order valence-corrected chi connectivity index (χ0v) is 21.3. The molecule has 2 aromatic rings. The van der Waals surface area contributed by atoms with Crippen LogP contribution in [0.2, 0.25) is 5.02 Å². The number of nitrogens with one attached hydrogen (secondary N) is 2. The summed E-state index contributed by atoms with van der Waals surface area (Å²) in [6, 6.07) is 13.0. The molecule has 2 fully saturated rings. The molecule has 2 aromatic carbocycles. The Kier molecular flexibility index (Phi) is 7.52. The highest BCUT2D eigenvalue weighted by molar-refractivity contribution is 7.92. The van der Waals surface area contributed by atoms with Gasteiger partial charge in [0.1, 0.15) is 0 Å². The number of ether oxygens (including phenoxy) is 1. The van der Waals surface area contributed by atoms with E-state index in [1.807, 2.05) is 24.3 Å². The van der Waals surface area contributed by atoms with Crippen LogP contribution in [0, 0.1) is 5.92 Å². The van der Waals surface area contributed by atoms with Crippen LogP contribution in [-0.2, 0) is 27.8 Å². The fraction of sp³-hybridized carbons (Fsp3) is 0.480. The predicted molar refractivity (Wildman–Crippen MR) is 135 cm³/mol. The molecule has 1 saturated heterocycles. The molecule has 1 aliphatic heterocycles. The number of anilines is 1. The molecule has 4 rings (SSSR count). The van der Waals surface area contributed by atoms with Crippen molar-refractivity contribution in [2.45, 2.75) is 51.0 Å². The summed E-state index contributed by atoms with van der Waals surface area (Å²) in [6.45, 7) is 3.28. The van der Waals surface area contributed by atoms with Gasteiger partial charge >= 0.3 is 0 Å². The van der Waals surface area contributed by atoms with Crippen molar-refractivity contribution in [1.29, 1.82) is 0 Å². The molecule has 4 atom stereocenters. The Morgan fingerprint density at radius 3 is 2.68 bits per heavy atom. The first kappa shape index (κ1) is 25.0. The molecule has 2 N–H and O–H groups in total. The first-order chi connectivity index (χ1) is 16.1. The third-order valence-corrected chi connectivity index (χ3v) is 8.05. The molecule has 7 nitrogen and oxygen atoms in total. The van der Waals surface area contributed by atoms with Gasteiger partial charge in [-0.25, -0.2) is 8.42 Å². The van der Waals surface area contributed by atoms with Crippen molar-refractivity contribution in [2.24, 2.45) is 5.92 Å². The highest BCUT2D eigenvalue weighted by atomic mass is 35.5. The van der Waals surface area contributed by atoms with E-state index in [4.69, 9.17) is 16.3 Å². The quantitative estimate of drug-likeness (QED) is 0.545. The standard InChI is InChI=1S/C25H32ClN3O4S/c1-16-9-24(16)33-15-18-10-19(14-21(12-18)29(2)34(3,31)32)25(30)28-22-7-8-27-23(22)13-17-5-4-6-20(26)11-17/h4-6,10-12,14,16,22-24,27H,7-9,13,15H2,1-3H3,(H,28,30). The Bertz CT molecular complexity index is 1160. The Labute approximate surface area is 206 Å². The molecule has 0 aromatic heterocycles. The van der Waals surface area contributed by atoms with Crippen molar-refractivity contribution < 1.29 is 17.9 Å². The van der Waals surface area contributed by atoms with Gasteiger partial charge in [-0.05, 0) is 73.2 Å². The summed E-state index contributed by atoms with van der Waals surface area (Å²) in [5, 5.41) is 7.32. The lowest BCUT2D eigenvalue weighted by Crippen LogP contribution is -2.44. The maximum Gasteiger partial charge on any atom is 0.251 e. The molecule has 0 spiro atoms. The molecule has 1 amide bonds. The molecule has 1 saturated carbocycles. The van der Waals surface area contributed by atoms with E-state index in [1.165, 1.54) is 11.4 Å². The summed E-state index contributed by atoms with van der Waals surface area (Å²) >= 11 is 6.13. The topological polar surface area (TPSA) is 87.7 Å². The van der Waals surface area contributed by atoms with Crippen LogP contribution in [0.3, 0.4) is 0 Å². The zero-order chi connectivity index (χ0) is 24.5. The number of sulfonamides is 1. The lowest BCUT2D eigenvalue weighted by molar-refractivity contribution is 0.0929. The maximum atomic E-state index is 13.3. The Hall–Kier alpha value is -2.13. The fourth-order valence-electron chi connectivity index (χ4n) is 4.31. The summed E-state index contributed by atoms with van der Waals surface area (Å²) in [5.41, 5.74) is 2.75. The first-order valence-electron chi connectivity index (χ1n) is 11.6. The van der Waals surface area contributed by atoms with Gasteiger partial charge in [0.05, 0.1) is 24.7 Å². The monoisotopic (exact) mass is 505 g/mol. The van der Waals surface area contributed by atoms with Crippen LogP contribution in [0.15, 0.2) is 42.5 Å². The van der Waals surface area contributed by atoms with Crippen molar-refractivity contribution in [1.82, 2.24) is 10.6 Å². The van der Waals surface area contributed by atoms with E-state index in [9.17, 15) is 13.2 Å². The smallest absolute Gasteiger partial charge is 0.251 e. The summed E-state index contributed by atoms with van der Waals surface area (Å²) in [4.78, 5) is 13.3. The lowest BCUT2D eigenvalue weighted by Gasteiger charge is -2.22. The Morgan fingerprint density at radius 2 is 2.00 bits per heavy atom. The van der Waals surface area contributed by atoms with E-state index in [0.717, 1.165) is 43.2 Å². The Morgan fingerprint density at radius 1 is 1.24 bits per heavy atom. The van der Waals surface area contributed by atoms with Crippen molar-refractivity contribution in [2.75, 3.05) is 24.2 Å². The molecule has 1 aliphatic carbocycles. The number of amides is 1. The van der Waals surface area contributed by atoms with Gasteiger partial charge in [-0.1, -0.05) is 30.7 Å². The number of halogens is 1. The number of rotatable bonds is 9. The average Bonchev–Trinajstić information content (AvgIpc) is 3.33. The summed E-state index contributed by atoms with van der Waals surface area (Å²) in [6.07, 6.45) is 3.97. The predicted octanol–water partition coefficient (Wildman–Crippen LogP) is 3.36. The minimum Gasteiger partial charge on any atom is -0.373 e. The number of nitrogens with zero attached hydrogens (tertiary/aromatic N) is 1. The summed E-state index contributed by atoms with van der Waals surface area (Å²) < 4.78 is 31.4. The molecule has 9 heteroatoms. The van der Waals surface area contributed by atoms with Gasteiger partial charge in [0.25, 0.3) is 5.91 Å². The second-order valence-corrected chi connectivity index (χ2v) is 11.9. The second-order valence-electron chi connectivity index (χ2n) is 9.44. The highest BCUT2D eigenvalue weighted by Gasteiger charge is 2.33. The zero-order valence-electron chi connectivity index (χ0n) is 19.8. The van der Waals surface area contributed by atoms with Crippen LogP contribution in [0.25, 0.3) is 0 Å². The third kappa shape index (κ3) is 6.30. The van der Waals surface area contributed by atoms with Crippen molar-refractivity contribution in [3.63, 3.8) is 0 Å².